The Morgan fingerprint density at radius 2 is 1.87 bits per heavy atom. The van der Waals surface area contributed by atoms with Crippen LogP contribution in [-0.4, -0.2) is 27.7 Å². The fraction of sp³-hybridized carbons (Fsp3) is 0.526. The first-order chi connectivity index (χ1) is 10.8. The molecule has 0 amide bonds. The molecule has 0 bridgehead atoms. The van der Waals surface area contributed by atoms with Gasteiger partial charge in [-0.1, -0.05) is 32.4 Å². The highest BCUT2D eigenvalue weighted by molar-refractivity contribution is 6.24. The Labute approximate surface area is 136 Å². The van der Waals surface area contributed by atoms with E-state index < -0.39 is 0 Å². The average molecular weight is 316 g/mol. The lowest BCUT2D eigenvalue weighted by Gasteiger charge is -2.38. The van der Waals surface area contributed by atoms with Crippen molar-refractivity contribution in [3.8, 4) is 11.5 Å². The van der Waals surface area contributed by atoms with Gasteiger partial charge in [0.2, 0.25) is 0 Å². The van der Waals surface area contributed by atoms with Crippen LogP contribution in [0.5, 0.6) is 11.5 Å². The molecule has 0 heterocycles. The Bertz CT molecular complexity index is 713. The van der Waals surface area contributed by atoms with Crippen LogP contribution in [-0.2, 0) is 11.2 Å². The molecule has 1 unspecified atom stereocenters. The molecule has 3 rings (SSSR count). The largest absolute Gasteiger partial charge is 0.504 e. The Morgan fingerprint density at radius 1 is 1.17 bits per heavy atom. The maximum atomic E-state index is 12.5. The fourth-order valence-corrected chi connectivity index (χ4v) is 3.91. The number of hydrogen-bond donors (Lipinski definition) is 3. The van der Waals surface area contributed by atoms with Crippen LogP contribution < -0.4 is 0 Å². The molecule has 4 heteroatoms. The summed E-state index contributed by atoms with van der Waals surface area (Å²) in [7, 11) is 0. The van der Waals surface area contributed by atoms with Crippen LogP contribution in [0.25, 0.3) is 5.57 Å². The van der Waals surface area contributed by atoms with E-state index in [9.17, 15) is 20.1 Å². The summed E-state index contributed by atoms with van der Waals surface area (Å²) >= 11 is 0. The molecule has 1 atom stereocenters. The zero-order valence-electron chi connectivity index (χ0n) is 13.9. The maximum Gasteiger partial charge on any atom is 0.166 e. The molecule has 3 N–H and O–H groups in total. The summed E-state index contributed by atoms with van der Waals surface area (Å²) in [6.07, 6.45) is 2.84. The molecular weight excluding hydrogens is 292 g/mol. The van der Waals surface area contributed by atoms with E-state index in [0.717, 1.165) is 30.4 Å². The van der Waals surface area contributed by atoms with Gasteiger partial charge < -0.3 is 15.3 Å². The zero-order chi connectivity index (χ0) is 16.9. The molecule has 0 radical (unpaired) electrons. The van der Waals surface area contributed by atoms with Crippen molar-refractivity contribution < 1.29 is 20.1 Å². The van der Waals surface area contributed by atoms with Crippen LogP contribution in [0.1, 0.15) is 62.6 Å². The zero-order valence-corrected chi connectivity index (χ0v) is 13.9. The topological polar surface area (TPSA) is 77.8 Å². The predicted octanol–water partition coefficient (Wildman–Crippen LogP) is 3.28. The average Bonchev–Trinajstić information content (AvgIpc) is 2.53. The quantitative estimate of drug-likeness (QED) is 0.732. The van der Waals surface area contributed by atoms with Gasteiger partial charge in [0.05, 0.1) is 0 Å². The number of hydrogen-bond acceptors (Lipinski definition) is 4. The molecule has 4 nitrogen and oxygen atoms in total. The third-order valence-electron chi connectivity index (χ3n) is 5.46. The van der Waals surface area contributed by atoms with E-state index in [2.05, 4.69) is 13.8 Å². The van der Waals surface area contributed by atoms with Gasteiger partial charge in [0.1, 0.15) is 0 Å². The Kier molecular flexibility index (Phi) is 3.75. The number of phenolic OH excluding ortho intramolecular Hbond substituents is 2. The molecule has 0 fully saturated rings. The monoisotopic (exact) mass is 316 g/mol. The molecule has 1 aromatic rings. The molecule has 1 aromatic carbocycles. The summed E-state index contributed by atoms with van der Waals surface area (Å²) in [6, 6.07) is 1.84. The number of aromatic hydroxyl groups is 2. The van der Waals surface area contributed by atoms with E-state index in [1.165, 1.54) is 0 Å². The molecular formula is C19H24O4. The number of benzene rings is 1. The summed E-state index contributed by atoms with van der Waals surface area (Å²) in [5.74, 6) is -0.635. The Balaban J connectivity index is 2.26. The molecule has 23 heavy (non-hydrogen) atoms. The summed E-state index contributed by atoms with van der Waals surface area (Å²) in [4.78, 5) is 12.5. The minimum Gasteiger partial charge on any atom is -0.504 e. The minimum atomic E-state index is -0.264. The molecule has 0 spiro atoms. The number of allylic oxidation sites excluding steroid dienone is 2. The van der Waals surface area contributed by atoms with Crippen LogP contribution in [0.3, 0.4) is 0 Å². The number of carbonyl (C=O) groups is 1. The summed E-state index contributed by atoms with van der Waals surface area (Å²) in [5.41, 5.74) is 3.59. The van der Waals surface area contributed by atoms with Crippen LogP contribution in [0.2, 0.25) is 0 Å². The van der Waals surface area contributed by atoms with Crippen LogP contribution in [0, 0.1) is 5.41 Å². The summed E-state index contributed by atoms with van der Waals surface area (Å²) in [5, 5.41) is 30.3. The molecule has 2 aliphatic carbocycles. The van der Waals surface area contributed by atoms with Crippen molar-refractivity contribution in [3.63, 3.8) is 0 Å². The number of fused-ring (bicyclic) bond motifs is 2. The second kappa shape index (κ2) is 5.38. The van der Waals surface area contributed by atoms with Gasteiger partial charge in [-0.25, -0.2) is 0 Å². The number of ketones is 1. The standard InChI is InChI=1S/C19H24O4/c1-10(9-20)12-8-11-4-5-13-16(15(11)18(23)17(12)22)14(21)6-7-19(13,2)3/h8,10,20,22-23H,4-7,9H2,1-3H3. The van der Waals surface area contributed by atoms with Crippen LogP contribution in [0.15, 0.2) is 11.6 Å². The Morgan fingerprint density at radius 3 is 2.52 bits per heavy atom. The number of aliphatic hydroxyl groups is 1. The van der Waals surface area contributed by atoms with E-state index in [0.29, 0.717) is 23.1 Å². The fourth-order valence-electron chi connectivity index (χ4n) is 3.91. The second-order valence-corrected chi connectivity index (χ2v) is 7.44. The maximum absolute atomic E-state index is 12.5. The first-order valence-corrected chi connectivity index (χ1v) is 8.23. The first kappa shape index (κ1) is 16.1. The highest BCUT2D eigenvalue weighted by Crippen LogP contribution is 2.52. The van der Waals surface area contributed by atoms with Crippen LogP contribution >= 0.6 is 0 Å². The number of aliphatic hydroxyl groups excluding tert-OH is 1. The molecule has 0 saturated carbocycles. The molecule has 0 aliphatic heterocycles. The lowest BCUT2D eigenvalue weighted by Crippen LogP contribution is -2.28. The van der Waals surface area contributed by atoms with Crippen LogP contribution in [0.4, 0.5) is 0 Å². The van der Waals surface area contributed by atoms with Gasteiger partial charge in [-0.3, -0.25) is 4.79 Å². The van der Waals surface area contributed by atoms with E-state index in [4.69, 9.17) is 0 Å². The molecule has 0 aromatic heterocycles. The van der Waals surface area contributed by atoms with E-state index >= 15 is 0 Å². The lowest BCUT2D eigenvalue weighted by molar-refractivity contribution is -0.114. The second-order valence-electron chi connectivity index (χ2n) is 7.44. The van der Waals surface area contributed by atoms with Gasteiger partial charge in [0.15, 0.2) is 17.3 Å². The van der Waals surface area contributed by atoms with Crippen molar-refractivity contribution in [1.29, 1.82) is 0 Å². The molecule has 0 saturated heterocycles. The minimum absolute atomic E-state index is 0.0536. The third-order valence-corrected chi connectivity index (χ3v) is 5.46. The normalized spacial score (nSPS) is 21.0. The number of phenols is 2. The predicted molar refractivity (Wildman–Crippen MR) is 88.5 cm³/mol. The van der Waals surface area contributed by atoms with Crippen molar-refractivity contribution in [2.24, 2.45) is 5.41 Å². The molecule has 2 aliphatic rings. The van der Waals surface area contributed by atoms with Gasteiger partial charge in [0, 0.05) is 35.6 Å². The number of rotatable bonds is 2. The van der Waals surface area contributed by atoms with Crippen molar-refractivity contribution in [2.45, 2.75) is 52.4 Å². The number of carbonyl (C=O) groups excluding carboxylic acids is 1. The van der Waals surface area contributed by atoms with Gasteiger partial charge in [-0.2, -0.15) is 0 Å². The smallest absolute Gasteiger partial charge is 0.166 e. The number of aryl methyl sites for hydroxylation is 1. The van der Waals surface area contributed by atoms with Gasteiger partial charge in [-0.15, -0.1) is 0 Å². The van der Waals surface area contributed by atoms with Crippen molar-refractivity contribution in [1.82, 2.24) is 0 Å². The summed E-state index contributed by atoms with van der Waals surface area (Å²) in [6.45, 7) is 5.97. The van der Waals surface area contributed by atoms with E-state index in [1.807, 2.05) is 6.07 Å². The third kappa shape index (κ3) is 2.36. The van der Waals surface area contributed by atoms with Crippen molar-refractivity contribution in [2.75, 3.05) is 6.61 Å². The van der Waals surface area contributed by atoms with Gasteiger partial charge >= 0.3 is 0 Å². The van der Waals surface area contributed by atoms with Gasteiger partial charge in [0.25, 0.3) is 0 Å². The highest BCUT2D eigenvalue weighted by atomic mass is 16.3. The lowest BCUT2D eigenvalue weighted by atomic mass is 9.65. The molecule has 124 valence electrons. The SMILES string of the molecule is CC(CO)c1cc2c(c(O)c1O)C1=C(CC2)C(C)(C)CCC1=O. The Hall–Kier alpha value is -1.81. The van der Waals surface area contributed by atoms with Crippen molar-refractivity contribution in [3.05, 3.63) is 28.3 Å². The van der Waals surface area contributed by atoms with Crippen molar-refractivity contribution >= 4 is 11.4 Å². The highest BCUT2D eigenvalue weighted by Gasteiger charge is 2.39. The van der Waals surface area contributed by atoms with E-state index in [1.54, 1.807) is 6.92 Å². The van der Waals surface area contributed by atoms with Gasteiger partial charge in [-0.05, 0) is 30.2 Å². The number of Topliss-reactive ketones (excluding diaryl/α,β-unsaturated/α-hetero) is 1. The summed E-state index contributed by atoms with van der Waals surface area (Å²) < 4.78 is 0. The first-order valence-electron chi connectivity index (χ1n) is 8.23. The van der Waals surface area contributed by atoms with E-state index in [-0.39, 0.29) is 35.2 Å².